The average Bonchev–Trinajstić information content (AvgIpc) is 3.33. The van der Waals surface area contributed by atoms with E-state index in [1.54, 1.807) is 25.3 Å². The van der Waals surface area contributed by atoms with Crippen molar-refractivity contribution < 1.29 is 19.4 Å². The molecule has 172 valence electrons. The standard InChI is InChI=1S/C27H30N2O4/c1-4-29-15-18(21-13-19(32-3)7-9-23(21)29)12-25-26(31)20-8-10-24(30)22(27(20)33-25)16-28-11-5-6-17(2)14-28/h7-10,12-13,15,17,30H,4-6,11,14,16H2,1-3H3/b25-12-. The minimum Gasteiger partial charge on any atom is -0.507 e. The molecule has 6 nitrogen and oxygen atoms in total. The Kier molecular flexibility index (Phi) is 5.62. The zero-order chi connectivity index (χ0) is 23.1. The summed E-state index contributed by atoms with van der Waals surface area (Å²) >= 11 is 0. The molecular formula is C27H30N2O4. The van der Waals surface area contributed by atoms with Crippen LogP contribution in [0, 0.1) is 5.92 Å². The molecule has 3 heterocycles. The fraction of sp³-hybridized carbons (Fsp3) is 0.370. The lowest BCUT2D eigenvalue weighted by molar-refractivity contribution is 0.101. The smallest absolute Gasteiger partial charge is 0.231 e. The molecule has 1 aromatic heterocycles. The molecule has 0 bridgehead atoms. The number of carbonyl (C=O) groups excluding carboxylic acids is 1. The van der Waals surface area contributed by atoms with Crippen molar-refractivity contribution in [1.29, 1.82) is 0 Å². The third kappa shape index (κ3) is 3.89. The number of fused-ring (bicyclic) bond motifs is 2. The van der Waals surface area contributed by atoms with Gasteiger partial charge in [-0.25, -0.2) is 0 Å². The summed E-state index contributed by atoms with van der Waals surface area (Å²) in [7, 11) is 1.65. The number of aryl methyl sites for hydroxylation is 1. The number of hydrogen-bond acceptors (Lipinski definition) is 5. The SMILES string of the molecule is CCn1cc(/C=C2\Oc3c(ccc(O)c3CN3CCCC(C)C3)C2=O)c2cc(OC)ccc21. The van der Waals surface area contributed by atoms with Crippen LogP contribution in [-0.2, 0) is 13.1 Å². The summed E-state index contributed by atoms with van der Waals surface area (Å²) in [5.41, 5.74) is 3.18. The normalized spacial score (nSPS) is 19.8. The number of rotatable bonds is 5. The summed E-state index contributed by atoms with van der Waals surface area (Å²) in [6.07, 6.45) is 6.21. The van der Waals surface area contributed by atoms with Crippen LogP contribution in [0.1, 0.15) is 48.2 Å². The second-order valence-corrected chi connectivity index (χ2v) is 9.12. The predicted octanol–water partition coefficient (Wildman–Crippen LogP) is 5.22. The first kappa shape index (κ1) is 21.6. The molecule has 1 saturated heterocycles. The Morgan fingerprint density at radius 2 is 2.12 bits per heavy atom. The van der Waals surface area contributed by atoms with E-state index in [0.29, 0.717) is 29.3 Å². The van der Waals surface area contributed by atoms with E-state index in [0.717, 1.165) is 48.3 Å². The number of phenols is 1. The Labute approximate surface area is 194 Å². The summed E-state index contributed by atoms with van der Waals surface area (Å²) in [4.78, 5) is 15.6. The fourth-order valence-electron chi connectivity index (χ4n) is 5.05. The molecule has 0 spiro atoms. The predicted molar refractivity (Wildman–Crippen MR) is 129 cm³/mol. The molecule has 0 amide bonds. The first-order valence-electron chi connectivity index (χ1n) is 11.7. The van der Waals surface area contributed by atoms with Crippen LogP contribution in [0.25, 0.3) is 17.0 Å². The largest absolute Gasteiger partial charge is 0.507 e. The summed E-state index contributed by atoms with van der Waals surface area (Å²) < 4.78 is 13.7. The number of nitrogens with zero attached hydrogens (tertiary/aromatic N) is 2. The van der Waals surface area contributed by atoms with E-state index in [9.17, 15) is 9.90 Å². The number of allylic oxidation sites excluding steroid dienone is 1. The van der Waals surface area contributed by atoms with Gasteiger partial charge in [0, 0.05) is 42.3 Å². The van der Waals surface area contributed by atoms with Gasteiger partial charge in [0.25, 0.3) is 0 Å². The number of Topliss-reactive ketones (excluding diaryl/α,β-unsaturated/α-hetero) is 1. The van der Waals surface area contributed by atoms with Gasteiger partial charge in [0.1, 0.15) is 17.2 Å². The van der Waals surface area contributed by atoms with Crippen LogP contribution in [0.4, 0.5) is 0 Å². The number of ether oxygens (including phenoxy) is 2. The van der Waals surface area contributed by atoms with Gasteiger partial charge >= 0.3 is 0 Å². The zero-order valence-corrected chi connectivity index (χ0v) is 19.4. The molecule has 6 heteroatoms. The molecule has 3 aromatic rings. The minimum absolute atomic E-state index is 0.154. The Morgan fingerprint density at radius 1 is 1.27 bits per heavy atom. The number of likely N-dealkylation sites (tertiary alicyclic amines) is 1. The highest BCUT2D eigenvalue weighted by molar-refractivity contribution is 6.15. The van der Waals surface area contributed by atoms with E-state index in [1.165, 1.54) is 6.42 Å². The molecule has 0 aliphatic carbocycles. The van der Waals surface area contributed by atoms with Gasteiger partial charge in [0.2, 0.25) is 5.78 Å². The molecule has 0 radical (unpaired) electrons. The van der Waals surface area contributed by atoms with Crippen molar-refractivity contribution in [3.63, 3.8) is 0 Å². The molecule has 1 unspecified atom stereocenters. The number of methoxy groups -OCH3 is 1. The average molecular weight is 447 g/mol. The quantitative estimate of drug-likeness (QED) is 0.544. The molecule has 1 N–H and O–H groups in total. The summed E-state index contributed by atoms with van der Waals surface area (Å²) in [6.45, 7) is 7.70. The zero-order valence-electron chi connectivity index (χ0n) is 19.4. The lowest BCUT2D eigenvalue weighted by Crippen LogP contribution is -2.33. The van der Waals surface area contributed by atoms with E-state index in [-0.39, 0.29) is 17.3 Å². The molecular weight excluding hydrogens is 416 g/mol. The summed E-state index contributed by atoms with van der Waals surface area (Å²) in [5.74, 6) is 2.18. The van der Waals surface area contributed by atoms with Gasteiger partial charge in [0.15, 0.2) is 5.76 Å². The highest BCUT2D eigenvalue weighted by Gasteiger charge is 2.32. The Balaban J connectivity index is 1.52. The van der Waals surface area contributed by atoms with Crippen molar-refractivity contribution in [3.05, 3.63) is 59.0 Å². The van der Waals surface area contributed by atoms with Crippen LogP contribution in [0.3, 0.4) is 0 Å². The lowest BCUT2D eigenvalue weighted by atomic mass is 9.99. The molecule has 0 saturated carbocycles. The van der Waals surface area contributed by atoms with Crippen LogP contribution < -0.4 is 9.47 Å². The van der Waals surface area contributed by atoms with Gasteiger partial charge < -0.3 is 19.1 Å². The first-order chi connectivity index (χ1) is 16.0. The maximum atomic E-state index is 13.2. The topological polar surface area (TPSA) is 63.9 Å². The maximum absolute atomic E-state index is 13.2. The molecule has 1 fully saturated rings. The third-order valence-electron chi connectivity index (χ3n) is 6.79. The van der Waals surface area contributed by atoms with Gasteiger partial charge in [-0.3, -0.25) is 9.69 Å². The van der Waals surface area contributed by atoms with Crippen LogP contribution in [-0.4, -0.2) is 40.6 Å². The van der Waals surface area contributed by atoms with Crippen molar-refractivity contribution >= 4 is 22.8 Å². The number of piperidine rings is 1. The van der Waals surface area contributed by atoms with E-state index >= 15 is 0 Å². The molecule has 2 aromatic carbocycles. The number of phenolic OH excluding ortho intramolecular Hbond substituents is 1. The second kappa shape index (κ2) is 8.60. The lowest BCUT2D eigenvalue weighted by Gasteiger charge is -2.31. The molecule has 33 heavy (non-hydrogen) atoms. The van der Waals surface area contributed by atoms with Crippen molar-refractivity contribution in [1.82, 2.24) is 9.47 Å². The Morgan fingerprint density at radius 3 is 2.88 bits per heavy atom. The molecule has 1 atom stereocenters. The molecule has 5 rings (SSSR count). The van der Waals surface area contributed by atoms with Crippen molar-refractivity contribution in [2.45, 2.75) is 39.8 Å². The fourth-order valence-corrected chi connectivity index (χ4v) is 5.05. The van der Waals surface area contributed by atoms with Crippen molar-refractivity contribution in [2.75, 3.05) is 20.2 Å². The first-order valence-corrected chi connectivity index (χ1v) is 11.7. The number of aromatic nitrogens is 1. The minimum atomic E-state index is -0.154. The highest BCUT2D eigenvalue weighted by Crippen LogP contribution is 2.41. The van der Waals surface area contributed by atoms with Crippen molar-refractivity contribution in [2.24, 2.45) is 5.92 Å². The van der Waals surface area contributed by atoms with Gasteiger partial charge in [0.05, 0.1) is 18.2 Å². The molecule has 2 aliphatic heterocycles. The van der Waals surface area contributed by atoms with Gasteiger partial charge in [-0.1, -0.05) is 6.92 Å². The van der Waals surface area contributed by atoms with E-state index in [4.69, 9.17) is 9.47 Å². The van der Waals surface area contributed by atoms with E-state index in [2.05, 4.69) is 23.3 Å². The van der Waals surface area contributed by atoms with Crippen molar-refractivity contribution in [3.8, 4) is 17.2 Å². The molecule has 2 aliphatic rings. The number of carbonyl (C=O) groups is 1. The third-order valence-corrected chi connectivity index (χ3v) is 6.79. The Bertz CT molecular complexity index is 1260. The number of aromatic hydroxyl groups is 1. The van der Waals surface area contributed by atoms with Crippen LogP contribution in [0.2, 0.25) is 0 Å². The second-order valence-electron chi connectivity index (χ2n) is 9.12. The van der Waals surface area contributed by atoms with Gasteiger partial charge in [-0.05, 0) is 68.6 Å². The maximum Gasteiger partial charge on any atom is 0.231 e. The Hall–Kier alpha value is -3.25. The summed E-state index contributed by atoms with van der Waals surface area (Å²) in [6, 6.07) is 9.22. The number of ketones is 1. The van der Waals surface area contributed by atoms with Gasteiger partial charge in [-0.15, -0.1) is 0 Å². The number of benzene rings is 2. The van der Waals surface area contributed by atoms with E-state index in [1.807, 2.05) is 24.4 Å². The summed E-state index contributed by atoms with van der Waals surface area (Å²) in [5, 5.41) is 11.6. The highest BCUT2D eigenvalue weighted by atomic mass is 16.5. The van der Waals surface area contributed by atoms with E-state index < -0.39 is 0 Å². The van der Waals surface area contributed by atoms with Gasteiger partial charge in [-0.2, -0.15) is 0 Å². The van der Waals surface area contributed by atoms with Crippen LogP contribution >= 0.6 is 0 Å². The van der Waals surface area contributed by atoms with Crippen LogP contribution in [0.5, 0.6) is 17.2 Å². The monoisotopic (exact) mass is 446 g/mol. The number of hydrogen-bond donors (Lipinski definition) is 1. The van der Waals surface area contributed by atoms with Crippen LogP contribution in [0.15, 0.2) is 42.3 Å².